The van der Waals surface area contributed by atoms with Gasteiger partial charge in [-0.2, -0.15) is 13.2 Å². The van der Waals surface area contributed by atoms with Crippen LogP contribution < -0.4 is 5.32 Å². The van der Waals surface area contributed by atoms with Gasteiger partial charge in [-0.1, -0.05) is 29.5 Å². The molecule has 22 heavy (non-hydrogen) atoms. The monoisotopic (exact) mass is 330 g/mol. The normalized spacial score (nSPS) is 11.5. The van der Waals surface area contributed by atoms with Crippen molar-refractivity contribution in [1.82, 2.24) is 20.1 Å². The molecule has 1 aromatic heterocycles. The lowest BCUT2D eigenvalue weighted by Gasteiger charge is -2.08. The Hall–Kier alpha value is -2.03. The van der Waals surface area contributed by atoms with Crippen LogP contribution in [0, 0.1) is 6.92 Å². The summed E-state index contributed by atoms with van der Waals surface area (Å²) in [5.41, 5.74) is 1.91. The number of aryl methyl sites for hydroxylation is 1. The Balaban J connectivity index is 1.96. The number of carbonyl (C=O) groups is 1. The second kappa shape index (κ2) is 6.82. The molecule has 0 aliphatic carbocycles. The van der Waals surface area contributed by atoms with Crippen LogP contribution in [0.4, 0.5) is 13.2 Å². The Morgan fingerprint density at radius 3 is 2.64 bits per heavy atom. The molecule has 0 fully saturated rings. The molecule has 0 saturated heterocycles. The number of amides is 1. The lowest BCUT2D eigenvalue weighted by atomic mass is 10.2. The summed E-state index contributed by atoms with van der Waals surface area (Å²) in [5, 5.41) is 9.88. The Morgan fingerprint density at radius 2 is 2.00 bits per heavy atom. The molecule has 1 amide bonds. The molecule has 5 nitrogen and oxygen atoms in total. The topological polar surface area (TPSA) is 59.8 Å². The lowest BCUT2D eigenvalue weighted by molar-refractivity contribution is -0.136. The predicted octanol–water partition coefficient (Wildman–Crippen LogP) is 2.35. The van der Waals surface area contributed by atoms with E-state index in [2.05, 4.69) is 10.2 Å². The van der Waals surface area contributed by atoms with E-state index >= 15 is 0 Å². The van der Waals surface area contributed by atoms with E-state index in [1.807, 2.05) is 36.5 Å². The summed E-state index contributed by atoms with van der Waals surface area (Å²) < 4.78 is 37.7. The van der Waals surface area contributed by atoms with Crippen molar-refractivity contribution in [2.24, 2.45) is 0 Å². The average molecular weight is 330 g/mol. The van der Waals surface area contributed by atoms with Crippen molar-refractivity contribution < 1.29 is 18.0 Å². The highest BCUT2D eigenvalue weighted by molar-refractivity contribution is 7.99. The maximum absolute atomic E-state index is 12.0. The number of hydrogen-bond acceptors (Lipinski definition) is 4. The number of benzene rings is 1. The predicted molar refractivity (Wildman–Crippen MR) is 75.9 cm³/mol. The fourth-order valence-corrected chi connectivity index (χ4v) is 2.34. The summed E-state index contributed by atoms with van der Waals surface area (Å²) in [6.45, 7) is 0.619. The van der Waals surface area contributed by atoms with Gasteiger partial charge in [-0.3, -0.25) is 9.36 Å². The molecular formula is C13H13F3N4OS. The van der Waals surface area contributed by atoms with Crippen LogP contribution in [0.25, 0.3) is 5.69 Å². The molecule has 0 atom stereocenters. The smallest absolute Gasteiger partial charge is 0.346 e. The van der Waals surface area contributed by atoms with Gasteiger partial charge in [0.15, 0.2) is 5.16 Å². The highest BCUT2D eigenvalue weighted by Crippen LogP contribution is 2.19. The first-order valence-electron chi connectivity index (χ1n) is 6.28. The third-order valence-electron chi connectivity index (χ3n) is 2.65. The number of alkyl halides is 3. The quantitative estimate of drug-likeness (QED) is 0.855. The Morgan fingerprint density at radius 1 is 1.32 bits per heavy atom. The Labute approximate surface area is 128 Å². The van der Waals surface area contributed by atoms with E-state index in [-0.39, 0.29) is 5.75 Å². The molecule has 1 heterocycles. The summed E-state index contributed by atoms with van der Waals surface area (Å²) in [7, 11) is 0. The fourth-order valence-electron chi connectivity index (χ4n) is 1.59. The minimum absolute atomic E-state index is 0.166. The third-order valence-corrected chi connectivity index (χ3v) is 3.59. The number of nitrogens with zero attached hydrogens (tertiary/aromatic N) is 3. The van der Waals surface area contributed by atoms with Crippen molar-refractivity contribution >= 4 is 17.7 Å². The molecule has 0 radical (unpaired) electrons. The highest BCUT2D eigenvalue weighted by Gasteiger charge is 2.27. The van der Waals surface area contributed by atoms with Gasteiger partial charge < -0.3 is 5.32 Å². The third kappa shape index (κ3) is 4.76. The van der Waals surface area contributed by atoms with Crippen molar-refractivity contribution in [3.8, 4) is 5.69 Å². The number of rotatable bonds is 5. The van der Waals surface area contributed by atoms with Crippen LogP contribution in [-0.2, 0) is 4.79 Å². The molecule has 0 spiro atoms. The molecule has 1 N–H and O–H groups in total. The number of thioether (sulfide) groups is 1. The molecule has 0 saturated carbocycles. The molecule has 0 bridgehead atoms. The van der Waals surface area contributed by atoms with Crippen LogP contribution in [0.15, 0.2) is 35.7 Å². The number of aromatic nitrogens is 3. The summed E-state index contributed by atoms with van der Waals surface area (Å²) in [6.07, 6.45) is -2.93. The number of nitrogens with one attached hydrogen (secondary N) is 1. The number of halogens is 3. The molecule has 1 aromatic carbocycles. The second-order valence-electron chi connectivity index (χ2n) is 4.50. The first kappa shape index (κ1) is 16.3. The molecule has 0 aliphatic heterocycles. The Kier molecular flexibility index (Phi) is 5.07. The summed E-state index contributed by atoms with van der Waals surface area (Å²) >= 11 is 1.02. The fraction of sp³-hybridized carbons (Fsp3) is 0.308. The van der Waals surface area contributed by atoms with Crippen molar-refractivity contribution in [3.05, 3.63) is 36.2 Å². The zero-order valence-electron chi connectivity index (χ0n) is 11.6. The van der Waals surface area contributed by atoms with E-state index < -0.39 is 18.6 Å². The van der Waals surface area contributed by atoms with Gasteiger partial charge in [0.1, 0.15) is 12.9 Å². The minimum atomic E-state index is -4.41. The van der Waals surface area contributed by atoms with Crippen LogP contribution in [-0.4, -0.2) is 39.1 Å². The SMILES string of the molecule is Cc1ccc(-n2cnnc2SCC(=O)NCC(F)(F)F)cc1. The van der Waals surface area contributed by atoms with E-state index in [1.54, 1.807) is 4.57 Å². The van der Waals surface area contributed by atoms with Crippen LogP contribution in [0.1, 0.15) is 5.56 Å². The summed E-state index contributed by atoms with van der Waals surface area (Å²) in [6, 6.07) is 7.57. The average Bonchev–Trinajstić information content (AvgIpc) is 2.91. The minimum Gasteiger partial charge on any atom is -0.346 e. The molecule has 0 aliphatic rings. The maximum atomic E-state index is 12.0. The lowest BCUT2D eigenvalue weighted by Crippen LogP contribution is -2.34. The van der Waals surface area contributed by atoms with Gasteiger partial charge in [0.2, 0.25) is 5.91 Å². The van der Waals surface area contributed by atoms with Crippen molar-refractivity contribution in [2.45, 2.75) is 18.3 Å². The van der Waals surface area contributed by atoms with Gasteiger partial charge in [0.25, 0.3) is 0 Å². The molecular weight excluding hydrogens is 317 g/mol. The maximum Gasteiger partial charge on any atom is 0.405 e. The Bertz CT molecular complexity index is 639. The first-order valence-corrected chi connectivity index (χ1v) is 7.27. The molecule has 118 valence electrons. The van der Waals surface area contributed by atoms with Gasteiger partial charge in [-0.15, -0.1) is 10.2 Å². The van der Waals surface area contributed by atoms with E-state index in [4.69, 9.17) is 0 Å². The van der Waals surface area contributed by atoms with Crippen LogP contribution >= 0.6 is 11.8 Å². The zero-order chi connectivity index (χ0) is 16.2. The van der Waals surface area contributed by atoms with E-state index in [0.29, 0.717) is 5.16 Å². The van der Waals surface area contributed by atoms with E-state index in [9.17, 15) is 18.0 Å². The van der Waals surface area contributed by atoms with Crippen LogP contribution in [0.2, 0.25) is 0 Å². The van der Waals surface area contributed by atoms with Crippen molar-refractivity contribution in [3.63, 3.8) is 0 Å². The molecule has 0 unspecified atom stereocenters. The van der Waals surface area contributed by atoms with Gasteiger partial charge in [0, 0.05) is 5.69 Å². The van der Waals surface area contributed by atoms with Crippen molar-refractivity contribution in [1.29, 1.82) is 0 Å². The van der Waals surface area contributed by atoms with E-state index in [1.165, 1.54) is 6.33 Å². The first-order chi connectivity index (χ1) is 10.3. The number of hydrogen-bond donors (Lipinski definition) is 1. The summed E-state index contributed by atoms with van der Waals surface area (Å²) in [4.78, 5) is 11.4. The van der Waals surface area contributed by atoms with Crippen LogP contribution in [0.3, 0.4) is 0 Å². The van der Waals surface area contributed by atoms with Crippen molar-refractivity contribution in [2.75, 3.05) is 12.3 Å². The molecule has 9 heteroatoms. The number of carbonyl (C=O) groups excluding carboxylic acids is 1. The van der Waals surface area contributed by atoms with Gasteiger partial charge in [-0.05, 0) is 19.1 Å². The zero-order valence-corrected chi connectivity index (χ0v) is 12.4. The summed E-state index contributed by atoms with van der Waals surface area (Å²) in [5.74, 6) is -0.874. The largest absolute Gasteiger partial charge is 0.405 e. The standard InChI is InChI=1S/C13H13F3N4OS/c1-9-2-4-10(5-3-9)20-8-18-19-12(20)22-6-11(21)17-7-13(14,15)16/h2-5,8H,6-7H2,1H3,(H,17,21). The molecule has 2 rings (SSSR count). The van der Waals surface area contributed by atoms with E-state index in [0.717, 1.165) is 23.0 Å². The second-order valence-corrected chi connectivity index (χ2v) is 5.44. The highest BCUT2D eigenvalue weighted by atomic mass is 32.2. The van der Waals surface area contributed by atoms with Gasteiger partial charge >= 0.3 is 6.18 Å². The van der Waals surface area contributed by atoms with Gasteiger partial charge in [0.05, 0.1) is 5.75 Å². The van der Waals surface area contributed by atoms with Crippen LogP contribution in [0.5, 0.6) is 0 Å². The molecule has 2 aromatic rings. The van der Waals surface area contributed by atoms with Gasteiger partial charge in [-0.25, -0.2) is 0 Å².